The summed E-state index contributed by atoms with van der Waals surface area (Å²) in [6.07, 6.45) is 3.15. The molecule has 2 aliphatic rings. The van der Waals surface area contributed by atoms with E-state index < -0.39 is 0 Å². The molecule has 0 aliphatic carbocycles. The van der Waals surface area contributed by atoms with Crippen molar-refractivity contribution in [3.8, 4) is 11.5 Å². The Balaban J connectivity index is 1.47. The molecule has 2 aliphatic heterocycles. The normalized spacial score (nSPS) is 19.0. The standard InChI is InChI=1S/C20H24N2O4/c1-13-16(14(2)26-21-13)6-8-20(23)22-9-3-4-17(22)15-5-7-18-19(12-15)25-11-10-24-18/h5,7,12,17H,3-4,6,8-11H2,1-2H3. The number of aryl methyl sites for hydroxylation is 2. The molecule has 1 amide bonds. The summed E-state index contributed by atoms with van der Waals surface area (Å²) in [6, 6.07) is 6.15. The zero-order valence-electron chi connectivity index (χ0n) is 15.3. The number of ether oxygens (including phenoxy) is 2. The molecule has 0 N–H and O–H groups in total. The fraction of sp³-hybridized carbons (Fsp3) is 0.500. The number of rotatable bonds is 4. The first-order chi connectivity index (χ1) is 12.6. The van der Waals surface area contributed by atoms with Gasteiger partial charge in [0.1, 0.15) is 19.0 Å². The molecule has 2 aromatic rings. The highest BCUT2D eigenvalue weighted by molar-refractivity contribution is 5.77. The summed E-state index contributed by atoms with van der Waals surface area (Å²) in [4.78, 5) is 14.9. The molecule has 1 atom stereocenters. The average molecular weight is 356 g/mol. The van der Waals surface area contributed by atoms with Crippen LogP contribution in [0.1, 0.15) is 47.9 Å². The van der Waals surface area contributed by atoms with Crippen LogP contribution in [0.5, 0.6) is 11.5 Å². The summed E-state index contributed by atoms with van der Waals surface area (Å²) < 4.78 is 16.5. The Morgan fingerprint density at radius 3 is 2.81 bits per heavy atom. The lowest BCUT2D eigenvalue weighted by atomic mass is 10.0. The summed E-state index contributed by atoms with van der Waals surface area (Å²) >= 11 is 0. The first kappa shape index (κ1) is 16.9. The van der Waals surface area contributed by atoms with E-state index >= 15 is 0 Å². The van der Waals surface area contributed by atoms with Gasteiger partial charge in [0.25, 0.3) is 0 Å². The molecule has 4 rings (SSSR count). The van der Waals surface area contributed by atoms with Crippen LogP contribution in [-0.2, 0) is 11.2 Å². The Hall–Kier alpha value is -2.50. The number of carbonyl (C=O) groups excluding carboxylic acids is 1. The number of amides is 1. The van der Waals surface area contributed by atoms with E-state index in [4.69, 9.17) is 14.0 Å². The van der Waals surface area contributed by atoms with Crippen molar-refractivity contribution < 1.29 is 18.8 Å². The Kier molecular flexibility index (Phi) is 4.57. The molecule has 0 spiro atoms. The van der Waals surface area contributed by atoms with Gasteiger partial charge in [-0.2, -0.15) is 0 Å². The third kappa shape index (κ3) is 3.16. The summed E-state index contributed by atoms with van der Waals surface area (Å²) in [5.74, 6) is 2.56. The number of benzene rings is 1. The molecule has 1 unspecified atom stereocenters. The number of hydrogen-bond donors (Lipinski definition) is 0. The predicted octanol–water partition coefficient (Wildman–Crippen LogP) is 3.36. The van der Waals surface area contributed by atoms with Gasteiger partial charge in [-0.3, -0.25) is 4.79 Å². The lowest BCUT2D eigenvalue weighted by Gasteiger charge is -2.27. The molecule has 0 bridgehead atoms. The zero-order chi connectivity index (χ0) is 18.1. The second kappa shape index (κ2) is 7.02. The third-order valence-electron chi connectivity index (χ3n) is 5.29. The SMILES string of the molecule is Cc1noc(C)c1CCC(=O)N1CCCC1c1ccc2c(c1)OCCO2. The van der Waals surface area contributed by atoms with Crippen LogP contribution in [0.25, 0.3) is 0 Å². The number of nitrogens with zero attached hydrogens (tertiary/aromatic N) is 2. The highest BCUT2D eigenvalue weighted by Crippen LogP contribution is 2.38. The van der Waals surface area contributed by atoms with E-state index in [1.807, 2.05) is 30.9 Å². The molecule has 1 aromatic carbocycles. The molecule has 1 fully saturated rings. The second-order valence-electron chi connectivity index (χ2n) is 6.95. The lowest BCUT2D eigenvalue weighted by molar-refractivity contribution is -0.132. The van der Waals surface area contributed by atoms with Gasteiger partial charge in [0.05, 0.1) is 11.7 Å². The minimum atomic E-state index is 0.114. The van der Waals surface area contributed by atoms with Crippen LogP contribution in [0.4, 0.5) is 0 Å². The molecular weight excluding hydrogens is 332 g/mol. The van der Waals surface area contributed by atoms with Crippen LogP contribution in [-0.4, -0.2) is 35.7 Å². The number of likely N-dealkylation sites (tertiary alicyclic amines) is 1. The summed E-state index contributed by atoms with van der Waals surface area (Å²) in [7, 11) is 0. The second-order valence-corrected chi connectivity index (χ2v) is 6.95. The van der Waals surface area contributed by atoms with E-state index in [-0.39, 0.29) is 11.9 Å². The molecule has 1 aromatic heterocycles. The monoisotopic (exact) mass is 356 g/mol. The summed E-state index contributed by atoms with van der Waals surface area (Å²) in [5, 5.41) is 3.97. The highest BCUT2D eigenvalue weighted by Gasteiger charge is 2.30. The van der Waals surface area contributed by atoms with Crippen LogP contribution < -0.4 is 9.47 Å². The first-order valence-electron chi connectivity index (χ1n) is 9.24. The molecule has 26 heavy (non-hydrogen) atoms. The third-order valence-corrected chi connectivity index (χ3v) is 5.29. The molecule has 138 valence electrons. The van der Waals surface area contributed by atoms with E-state index in [0.29, 0.717) is 26.1 Å². The maximum absolute atomic E-state index is 12.9. The highest BCUT2D eigenvalue weighted by atomic mass is 16.6. The van der Waals surface area contributed by atoms with Crippen LogP contribution in [0, 0.1) is 13.8 Å². The minimum absolute atomic E-state index is 0.114. The summed E-state index contributed by atoms with van der Waals surface area (Å²) in [5.41, 5.74) is 3.05. The van der Waals surface area contributed by atoms with E-state index in [0.717, 1.165) is 53.5 Å². The summed E-state index contributed by atoms with van der Waals surface area (Å²) in [6.45, 7) is 5.78. The molecule has 0 saturated carbocycles. The van der Waals surface area contributed by atoms with Gasteiger partial charge >= 0.3 is 0 Å². The molecule has 0 radical (unpaired) electrons. The lowest BCUT2D eigenvalue weighted by Crippen LogP contribution is -2.30. The van der Waals surface area contributed by atoms with Gasteiger partial charge < -0.3 is 18.9 Å². The zero-order valence-corrected chi connectivity index (χ0v) is 15.3. The fourth-order valence-electron chi connectivity index (χ4n) is 3.91. The van der Waals surface area contributed by atoms with E-state index in [1.54, 1.807) is 0 Å². The Morgan fingerprint density at radius 2 is 2.04 bits per heavy atom. The van der Waals surface area contributed by atoms with Gasteiger partial charge in [0.2, 0.25) is 5.91 Å². The van der Waals surface area contributed by atoms with Crippen molar-refractivity contribution in [2.24, 2.45) is 0 Å². The van der Waals surface area contributed by atoms with E-state index in [2.05, 4.69) is 11.2 Å². The molecule has 6 nitrogen and oxygen atoms in total. The van der Waals surface area contributed by atoms with Gasteiger partial charge in [-0.15, -0.1) is 0 Å². The number of hydrogen-bond acceptors (Lipinski definition) is 5. The maximum Gasteiger partial charge on any atom is 0.223 e. The van der Waals surface area contributed by atoms with Gasteiger partial charge in [0, 0.05) is 18.5 Å². The topological polar surface area (TPSA) is 64.8 Å². The van der Waals surface area contributed by atoms with Crippen molar-refractivity contribution >= 4 is 5.91 Å². The Morgan fingerprint density at radius 1 is 1.23 bits per heavy atom. The van der Waals surface area contributed by atoms with E-state index in [1.165, 1.54) is 0 Å². The predicted molar refractivity (Wildman–Crippen MR) is 95.4 cm³/mol. The fourth-order valence-corrected chi connectivity index (χ4v) is 3.91. The van der Waals surface area contributed by atoms with Crippen molar-refractivity contribution in [2.75, 3.05) is 19.8 Å². The Bertz CT molecular complexity index is 795. The minimum Gasteiger partial charge on any atom is -0.486 e. The quantitative estimate of drug-likeness (QED) is 0.840. The molecule has 6 heteroatoms. The van der Waals surface area contributed by atoms with Gasteiger partial charge in [-0.05, 0) is 50.8 Å². The van der Waals surface area contributed by atoms with Crippen LogP contribution in [0.3, 0.4) is 0 Å². The molecular formula is C20H24N2O4. The maximum atomic E-state index is 12.9. The Labute approximate surface area is 153 Å². The molecule has 3 heterocycles. The number of fused-ring (bicyclic) bond motifs is 1. The van der Waals surface area contributed by atoms with Crippen LogP contribution >= 0.6 is 0 Å². The van der Waals surface area contributed by atoms with Gasteiger partial charge in [-0.1, -0.05) is 11.2 Å². The van der Waals surface area contributed by atoms with Crippen molar-refractivity contribution in [1.82, 2.24) is 10.1 Å². The van der Waals surface area contributed by atoms with Crippen molar-refractivity contribution in [3.05, 3.63) is 40.8 Å². The van der Waals surface area contributed by atoms with E-state index in [9.17, 15) is 4.79 Å². The first-order valence-corrected chi connectivity index (χ1v) is 9.24. The van der Waals surface area contributed by atoms with Crippen LogP contribution in [0.15, 0.2) is 22.7 Å². The molecule has 1 saturated heterocycles. The van der Waals surface area contributed by atoms with Crippen molar-refractivity contribution in [1.29, 1.82) is 0 Å². The average Bonchev–Trinajstić information content (AvgIpc) is 3.27. The van der Waals surface area contributed by atoms with Gasteiger partial charge in [-0.25, -0.2) is 0 Å². The number of carbonyl (C=O) groups is 1. The largest absolute Gasteiger partial charge is 0.486 e. The smallest absolute Gasteiger partial charge is 0.223 e. The van der Waals surface area contributed by atoms with Crippen molar-refractivity contribution in [2.45, 2.75) is 45.6 Å². The number of aromatic nitrogens is 1. The van der Waals surface area contributed by atoms with Crippen molar-refractivity contribution in [3.63, 3.8) is 0 Å². The van der Waals surface area contributed by atoms with Crippen LogP contribution in [0.2, 0.25) is 0 Å². The van der Waals surface area contributed by atoms with Gasteiger partial charge in [0.15, 0.2) is 11.5 Å².